The van der Waals surface area contributed by atoms with Crippen molar-refractivity contribution in [2.45, 2.75) is 19.9 Å². The number of aliphatic hydroxyl groups excluding tert-OH is 1. The number of carbonyl (C=O) groups is 2. The fourth-order valence-electron chi connectivity index (χ4n) is 1.83. The summed E-state index contributed by atoms with van der Waals surface area (Å²) in [5.41, 5.74) is 0.217. The molecule has 0 radical (unpaired) electrons. The molecule has 2 amide bonds. The molecule has 0 aliphatic heterocycles. The van der Waals surface area contributed by atoms with Crippen LogP contribution < -0.4 is 5.32 Å². The van der Waals surface area contributed by atoms with Crippen LogP contribution in [-0.2, 0) is 4.79 Å². The smallest absolute Gasteiger partial charge is 0.253 e. The van der Waals surface area contributed by atoms with Gasteiger partial charge in [0.05, 0.1) is 22.2 Å². The van der Waals surface area contributed by atoms with E-state index >= 15 is 0 Å². The van der Waals surface area contributed by atoms with Crippen LogP contribution in [-0.4, -0.2) is 47.6 Å². The van der Waals surface area contributed by atoms with Crippen molar-refractivity contribution >= 4 is 35.0 Å². The second-order valence-electron chi connectivity index (χ2n) is 4.44. The van der Waals surface area contributed by atoms with Crippen LogP contribution >= 0.6 is 23.2 Å². The third kappa shape index (κ3) is 4.59. The Balaban J connectivity index is 2.78. The summed E-state index contributed by atoms with van der Waals surface area (Å²) < 4.78 is 0. The zero-order valence-corrected chi connectivity index (χ0v) is 13.4. The van der Waals surface area contributed by atoms with Crippen molar-refractivity contribution in [3.63, 3.8) is 0 Å². The molecular weight excluding hydrogens is 315 g/mol. The molecule has 1 rings (SSSR count). The van der Waals surface area contributed by atoms with Crippen LogP contribution in [0.2, 0.25) is 10.0 Å². The summed E-state index contributed by atoms with van der Waals surface area (Å²) >= 11 is 11.8. The molecule has 2 N–H and O–H groups in total. The Labute approximate surface area is 133 Å². The number of hydrogen-bond donors (Lipinski definition) is 2. The van der Waals surface area contributed by atoms with Crippen molar-refractivity contribution < 1.29 is 14.7 Å². The molecule has 1 atom stereocenters. The molecule has 0 spiro atoms. The van der Waals surface area contributed by atoms with E-state index in [1.165, 1.54) is 11.0 Å². The molecule has 0 bridgehead atoms. The van der Waals surface area contributed by atoms with Gasteiger partial charge in [-0.3, -0.25) is 9.59 Å². The van der Waals surface area contributed by atoms with Crippen molar-refractivity contribution in [3.8, 4) is 0 Å². The van der Waals surface area contributed by atoms with Crippen LogP contribution in [0.15, 0.2) is 18.2 Å². The molecule has 1 unspecified atom stereocenters. The molecule has 21 heavy (non-hydrogen) atoms. The van der Waals surface area contributed by atoms with Gasteiger partial charge in [0.1, 0.15) is 6.04 Å². The summed E-state index contributed by atoms with van der Waals surface area (Å²) in [6, 6.07) is 4.00. The summed E-state index contributed by atoms with van der Waals surface area (Å²) in [6.45, 7) is 3.94. The van der Waals surface area contributed by atoms with Gasteiger partial charge in [0.25, 0.3) is 5.91 Å². The molecule has 0 fully saturated rings. The number of likely N-dealkylation sites (N-methyl/N-ethyl adjacent to an activating group) is 1. The van der Waals surface area contributed by atoms with Gasteiger partial charge >= 0.3 is 0 Å². The highest BCUT2D eigenvalue weighted by molar-refractivity contribution is 6.43. The lowest BCUT2D eigenvalue weighted by molar-refractivity contribution is -0.133. The van der Waals surface area contributed by atoms with E-state index in [0.29, 0.717) is 6.54 Å². The molecule has 1 aromatic carbocycles. The van der Waals surface area contributed by atoms with Crippen LogP contribution in [0.1, 0.15) is 24.2 Å². The molecule has 0 aliphatic rings. The maximum Gasteiger partial charge on any atom is 0.253 e. The number of nitrogens with zero attached hydrogens (tertiary/aromatic N) is 1. The standard InChI is InChI=1S/C14H18Cl2N2O3/c1-3-18(7-8-19)14(21)9(2)17-13(20)10-5-4-6-11(15)12(10)16/h4-6,9,19H,3,7-8H2,1-2H3,(H,17,20). The van der Waals surface area contributed by atoms with Crippen molar-refractivity contribution in [2.24, 2.45) is 0 Å². The number of halogens is 2. The summed E-state index contributed by atoms with van der Waals surface area (Å²) in [5.74, 6) is -0.735. The van der Waals surface area contributed by atoms with Gasteiger partial charge in [0.15, 0.2) is 0 Å². The van der Waals surface area contributed by atoms with Crippen LogP contribution in [0, 0.1) is 0 Å². The lowest BCUT2D eigenvalue weighted by atomic mass is 10.2. The van der Waals surface area contributed by atoms with E-state index in [4.69, 9.17) is 28.3 Å². The number of rotatable bonds is 6. The topological polar surface area (TPSA) is 69.6 Å². The molecule has 0 aromatic heterocycles. The van der Waals surface area contributed by atoms with Crippen molar-refractivity contribution in [2.75, 3.05) is 19.7 Å². The summed E-state index contributed by atoms with van der Waals surface area (Å²) in [5, 5.41) is 11.9. The van der Waals surface area contributed by atoms with Gasteiger partial charge in [-0.15, -0.1) is 0 Å². The van der Waals surface area contributed by atoms with E-state index in [1.54, 1.807) is 26.0 Å². The lowest BCUT2D eigenvalue weighted by Crippen LogP contribution is -2.47. The second kappa shape index (κ2) is 8.22. The summed E-state index contributed by atoms with van der Waals surface area (Å²) in [4.78, 5) is 25.7. The van der Waals surface area contributed by atoms with Gasteiger partial charge in [-0.1, -0.05) is 29.3 Å². The van der Waals surface area contributed by atoms with Gasteiger partial charge in [-0.05, 0) is 26.0 Å². The third-order valence-corrected chi connectivity index (χ3v) is 3.80. The minimum Gasteiger partial charge on any atom is -0.395 e. The van der Waals surface area contributed by atoms with Gasteiger partial charge in [0, 0.05) is 13.1 Å². The maximum atomic E-state index is 12.1. The first kappa shape index (κ1) is 17.8. The van der Waals surface area contributed by atoms with E-state index < -0.39 is 11.9 Å². The highest BCUT2D eigenvalue weighted by Crippen LogP contribution is 2.25. The molecule has 7 heteroatoms. The minimum absolute atomic E-state index is 0.125. The number of carbonyl (C=O) groups excluding carboxylic acids is 2. The first-order valence-electron chi connectivity index (χ1n) is 6.56. The van der Waals surface area contributed by atoms with Crippen molar-refractivity contribution in [3.05, 3.63) is 33.8 Å². The minimum atomic E-state index is -0.723. The quantitative estimate of drug-likeness (QED) is 0.836. The predicted octanol–water partition coefficient (Wildman–Crippen LogP) is 1.95. The Kier molecular flexibility index (Phi) is 6.95. The Bertz CT molecular complexity index is 523. The normalized spacial score (nSPS) is 11.9. The van der Waals surface area contributed by atoms with Crippen LogP contribution in [0.25, 0.3) is 0 Å². The van der Waals surface area contributed by atoms with E-state index in [2.05, 4.69) is 5.32 Å². The van der Waals surface area contributed by atoms with Crippen molar-refractivity contribution in [1.29, 1.82) is 0 Å². The number of benzene rings is 1. The van der Waals surface area contributed by atoms with Crippen LogP contribution in [0.4, 0.5) is 0 Å². The zero-order valence-electron chi connectivity index (χ0n) is 11.9. The SMILES string of the molecule is CCN(CCO)C(=O)C(C)NC(=O)c1cccc(Cl)c1Cl. The molecule has 0 saturated heterocycles. The fraction of sp³-hybridized carbons (Fsp3) is 0.429. The van der Waals surface area contributed by atoms with Crippen molar-refractivity contribution in [1.82, 2.24) is 10.2 Å². The predicted molar refractivity (Wildman–Crippen MR) is 82.7 cm³/mol. The largest absolute Gasteiger partial charge is 0.395 e. The Morgan fingerprint density at radius 2 is 2.05 bits per heavy atom. The average molecular weight is 333 g/mol. The third-order valence-electron chi connectivity index (χ3n) is 2.98. The lowest BCUT2D eigenvalue weighted by Gasteiger charge is -2.24. The highest BCUT2D eigenvalue weighted by Gasteiger charge is 2.22. The Morgan fingerprint density at radius 3 is 2.62 bits per heavy atom. The Hall–Kier alpha value is -1.30. The first-order chi connectivity index (χ1) is 9.92. The first-order valence-corrected chi connectivity index (χ1v) is 7.32. The van der Waals surface area contributed by atoms with Crippen LogP contribution in [0.3, 0.4) is 0 Å². The van der Waals surface area contributed by atoms with E-state index in [-0.39, 0.29) is 34.7 Å². The number of nitrogens with one attached hydrogen (secondary N) is 1. The molecule has 1 aromatic rings. The van der Waals surface area contributed by atoms with Gasteiger partial charge in [-0.2, -0.15) is 0 Å². The Morgan fingerprint density at radius 1 is 1.38 bits per heavy atom. The van der Waals surface area contributed by atoms with Gasteiger partial charge < -0.3 is 15.3 Å². The highest BCUT2D eigenvalue weighted by atomic mass is 35.5. The number of hydrogen-bond acceptors (Lipinski definition) is 3. The molecule has 0 saturated carbocycles. The zero-order chi connectivity index (χ0) is 16.0. The van der Waals surface area contributed by atoms with E-state index in [9.17, 15) is 9.59 Å². The monoisotopic (exact) mass is 332 g/mol. The molecule has 0 heterocycles. The van der Waals surface area contributed by atoms with Crippen LogP contribution in [0.5, 0.6) is 0 Å². The molecule has 0 aliphatic carbocycles. The fourth-order valence-corrected chi connectivity index (χ4v) is 2.22. The summed E-state index contributed by atoms with van der Waals surface area (Å²) in [6.07, 6.45) is 0. The molecule has 116 valence electrons. The maximum absolute atomic E-state index is 12.1. The molecule has 5 nitrogen and oxygen atoms in total. The number of amides is 2. The molecular formula is C14H18Cl2N2O3. The summed E-state index contributed by atoms with van der Waals surface area (Å²) in [7, 11) is 0. The van der Waals surface area contributed by atoms with Gasteiger partial charge in [-0.25, -0.2) is 0 Å². The average Bonchev–Trinajstić information content (AvgIpc) is 2.46. The number of aliphatic hydroxyl groups is 1. The van der Waals surface area contributed by atoms with E-state index in [0.717, 1.165) is 0 Å². The van der Waals surface area contributed by atoms with Gasteiger partial charge in [0.2, 0.25) is 5.91 Å². The second-order valence-corrected chi connectivity index (χ2v) is 5.22. The van der Waals surface area contributed by atoms with E-state index in [1.807, 2.05) is 0 Å².